The van der Waals surface area contributed by atoms with Gasteiger partial charge in [-0.15, -0.1) is 0 Å². The van der Waals surface area contributed by atoms with Crippen LogP contribution in [0.25, 0.3) is 0 Å². The van der Waals surface area contributed by atoms with E-state index in [1.54, 1.807) is 6.08 Å². The minimum Gasteiger partial charge on any atom is -0.516 e. The Hall–Kier alpha value is -1.25. The van der Waals surface area contributed by atoms with Crippen molar-refractivity contribution in [3.05, 3.63) is 24.5 Å². The monoisotopic (exact) mass is 209 g/mol. The molecule has 0 aromatic rings. The highest BCUT2D eigenvalue weighted by Gasteiger charge is 2.36. The van der Waals surface area contributed by atoms with Crippen LogP contribution >= 0.6 is 0 Å². The second-order valence-corrected chi connectivity index (χ2v) is 4.18. The van der Waals surface area contributed by atoms with Crippen molar-refractivity contribution in [2.24, 2.45) is 11.1 Å². The van der Waals surface area contributed by atoms with E-state index in [4.69, 9.17) is 10.8 Å². The topological polar surface area (TPSA) is 63.3 Å². The Labute approximate surface area is 90.7 Å². The fraction of sp³-hybridized carbons (Fsp3) is 0.583. The molecule has 0 aliphatic heterocycles. The van der Waals surface area contributed by atoms with Crippen LogP contribution in [0.5, 0.6) is 0 Å². The Bertz CT molecular complexity index is 263. The van der Waals surface area contributed by atoms with Crippen LogP contribution in [-0.4, -0.2) is 11.0 Å². The number of rotatable bonds is 4. The number of aliphatic hydroxyl groups excluding tert-OH is 1. The summed E-state index contributed by atoms with van der Waals surface area (Å²) in [5.74, 6) is -0.181. The number of primary amides is 1. The fourth-order valence-corrected chi connectivity index (χ4v) is 2.20. The van der Waals surface area contributed by atoms with Crippen molar-refractivity contribution in [3.63, 3.8) is 0 Å². The molecule has 0 spiro atoms. The molecule has 0 bridgehead atoms. The maximum atomic E-state index is 11.5. The summed E-state index contributed by atoms with van der Waals surface area (Å²) < 4.78 is 0. The van der Waals surface area contributed by atoms with E-state index in [1.807, 2.05) is 6.08 Å². The van der Waals surface area contributed by atoms with Crippen LogP contribution in [0.1, 0.15) is 38.5 Å². The van der Waals surface area contributed by atoms with Crippen molar-refractivity contribution in [1.29, 1.82) is 0 Å². The van der Waals surface area contributed by atoms with Gasteiger partial charge in [-0.1, -0.05) is 31.4 Å². The molecule has 0 heterocycles. The SMILES string of the molecule is NC(=O)C1(C/C=C\C=CO)CCCCC1. The molecule has 1 fully saturated rings. The normalized spacial score (nSPS) is 21.1. The summed E-state index contributed by atoms with van der Waals surface area (Å²) in [5, 5.41) is 8.45. The maximum Gasteiger partial charge on any atom is 0.223 e. The highest BCUT2D eigenvalue weighted by molar-refractivity contribution is 5.81. The third kappa shape index (κ3) is 3.11. The summed E-state index contributed by atoms with van der Waals surface area (Å²) in [5.41, 5.74) is 5.14. The lowest BCUT2D eigenvalue weighted by Gasteiger charge is -2.33. The number of carbonyl (C=O) groups excluding carboxylic acids is 1. The molecule has 0 aromatic heterocycles. The number of carbonyl (C=O) groups is 1. The highest BCUT2D eigenvalue weighted by atomic mass is 16.2. The predicted molar refractivity (Wildman–Crippen MR) is 60.2 cm³/mol. The maximum absolute atomic E-state index is 11.5. The van der Waals surface area contributed by atoms with Gasteiger partial charge in [0.05, 0.1) is 11.7 Å². The van der Waals surface area contributed by atoms with Crippen molar-refractivity contribution < 1.29 is 9.90 Å². The van der Waals surface area contributed by atoms with Crippen LogP contribution in [0.2, 0.25) is 0 Å². The summed E-state index contributed by atoms with van der Waals surface area (Å²) in [6, 6.07) is 0. The van der Waals surface area contributed by atoms with Gasteiger partial charge in [0.15, 0.2) is 0 Å². The Balaban J connectivity index is 2.60. The molecular formula is C12H19NO2. The zero-order valence-corrected chi connectivity index (χ0v) is 8.98. The number of aliphatic hydroxyl groups is 1. The molecular weight excluding hydrogens is 190 g/mol. The van der Waals surface area contributed by atoms with Crippen molar-refractivity contribution >= 4 is 5.91 Å². The zero-order chi connectivity index (χ0) is 11.1. The first-order valence-electron chi connectivity index (χ1n) is 5.47. The molecule has 3 N–H and O–H groups in total. The molecule has 15 heavy (non-hydrogen) atoms. The van der Waals surface area contributed by atoms with Gasteiger partial charge in [-0.3, -0.25) is 4.79 Å². The van der Waals surface area contributed by atoms with Gasteiger partial charge in [-0.2, -0.15) is 0 Å². The molecule has 1 aliphatic carbocycles. The van der Waals surface area contributed by atoms with Gasteiger partial charge in [0.2, 0.25) is 5.91 Å². The van der Waals surface area contributed by atoms with Gasteiger partial charge >= 0.3 is 0 Å². The van der Waals surface area contributed by atoms with Crippen LogP contribution in [0, 0.1) is 5.41 Å². The number of hydrogen-bond donors (Lipinski definition) is 2. The molecule has 0 atom stereocenters. The molecule has 1 saturated carbocycles. The summed E-state index contributed by atoms with van der Waals surface area (Å²) in [7, 11) is 0. The van der Waals surface area contributed by atoms with E-state index in [2.05, 4.69) is 0 Å². The van der Waals surface area contributed by atoms with Crippen molar-refractivity contribution in [2.75, 3.05) is 0 Å². The van der Waals surface area contributed by atoms with E-state index in [0.29, 0.717) is 6.42 Å². The molecule has 84 valence electrons. The zero-order valence-electron chi connectivity index (χ0n) is 8.98. The average Bonchev–Trinajstić information content (AvgIpc) is 2.26. The van der Waals surface area contributed by atoms with E-state index in [-0.39, 0.29) is 11.3 Å². The summed E-state index contributed by atoms with van der Waals surface area (Å²) >= 11 is 0. The van der Waals surface area contributed by atoms with Crippen LogP contribution in [0.3, 0.4) is 0 Å². The standard InChI is InChI=1S/C12H19NO2/c13-11(15)12(7-3-1-4-8-12)9-5-2-6-10-14/h2,5-6,10,14H,1,3-4,7-9H2,(H2,13,15)/b5-2-,10-6?. The lowest BCUT2D eigenvalue weighted by atomic mass is 9.71. The lowest BCUT2D eigenvalue weighted by molar-refractivity contribution is -0.129. The lowest BCUT2D eigenvalue weighted by Crippen LogP contribution is -2.38. The molecule has 0 aromatic carbocycles. The van der Waals surface area contributed by atoms with Gasteiger partial charge < -0.3 is 10.8 Å². The summed E-state index contributed by atoms with van der Waals surface area (Å²) in [4.78, 5) is 11.5. The van der Waals surface area contributed by atoms with Crippen LogP contribution in [-0.2, 0) is 4.79 Å². The first kappa shape index (κ1) is 11.8. The Morgan fingerprint density at radius 1 is 1.27 bits per heavy atom. The highest BCUT2D eigenvalue weighted by Crippen LogP contribution is 2.39. The van der Waals surface area contributed by atoms with Crippen molar-refractivity contribution in [2.45, 2.75) is 38.5 Å². The van der Waals surface area contributed by atoms with E-state index in [0.717, 1.165) is 31.9 Å². The van der Waals surface area contributed by atoms with E-state index in [1.165, 1.54) is 12.5 Å². The van der Waals surface area contributed by atoms with Gasteiger partial charge in [-0.25, -0.2) is 0 Å². The second-order valence-electron chi connectivity index (χ2n) is 4.18. The average molecular weight is 209 g/mol. The minimum absolute atomic E-state index is 0.181. The largest absolute Gasteiger partial charge is 0.516 e. The second kappa shape index (κ2) is 5.59. The minimum atomic E-state index is -0.335. The predicted octanol–water partition coefficient (Wildman–Crippen LogP) is 2.44. The number of allylic oxidation sites excluding steroid dienone is 3. The summed E-state index contributed by atoms with van der Waals surface area (Å²) in [6.45, 7) is 0. The van der Waals surface area contributed by atoms with Gasteiger partial charge in [0.1, 0.15) is 0 Å². The first-order chi connectivity index (χ1) is 7.21. The summed E-state index contributed by atoms with van der Waals surface area (Å²) in [6.07, 6.45) is 12.0. The van der Waals surface area contributed by atoms with Crippen molar-refractivity contribution in [1.82, 2.24) is 0 Å². The van der Waals surface area contributed by atoms with Crippen LogP contribution < -0.4 is 5.73 Å². The molecule has 1 rings (SSSR count). The van der Waals surface area contributed by atoms with Gasteiger partial charge in [0, 0.05) is 0 Å². The van der Waals surface area contributed by atoms with Crippen LogP contribution in [0.4, 0.5) is 0 Å². The van der Waals surface area contributed by atoms with E-state index in [9.17, 15) is 4.79 Å². The number of nitrogens with two attached hydrogens (primary N) is 1. The Kier molecular flexibility index (Phi) is 4.40. The smallest absolute Gasteiger partial charge is 0.223 e. The molecule has 1 amide bonds. The molecule has 0 radical (unpaired) electrons. The quantitative estimate of drug-likeness (QED) is 0.551. The third-order valence-corrected chi connectivity index (χ3v) is 3.18. The Morgan fingerprint density at radius 3 is 2.47 bits per heavy atom. The molecule has 1 aliphatic rings. The van der Waals surface area contributed by atoms with E-state index >= 15 is 0 Å². The number of hydrogen-bond acceptors (Lipinski definition) is 2. The molecule has 0 unspecified atom stereocenters. The third-order valence-electron chi connectivity index (χ3n) is 3.18. The van der Waals surface area contributed by atoms with Gasteiger partial charge in [0.25, 0.3) is 0 Å². The van der Waals surface area contributed by atoms with E-state index < -0.39 is 0 Å². The molecule has 3 nitrogen and oxygen atoms in total. The molecule has 3 heteroatoms. The molecule has 0 saturated heterocycles. The Morgan fingerprint density at radius 2 is 1.93 bits per heavy atom. The van der Waals surface area contributed by atoms with Crippen molar-refractivity contribution in [3.8, 4) is 0 Å². The van der Waals surface area contributed by atoms with Gasteiger partial charge in [-0.05, 0) is 25.3 Å². The first-order valence-corrected chi connectivity index (χ1v) is 5.47. The van der Waals surface area contributed by atoms with Crippen LogP contribution in [0.15, 0.2) is 24.5 Å². The fourth-order valence-electron chi connectivity index (χ4n) is 2.20. The number of amides is 1.